The average molecular weight is 318 g/mol. The van der Waals surface area contributed by atoms with Gasteiger partial charge in [-0.3, -0.25) is 0 Å². The van der Waals surface area contributed by atoms with Crippen LogP contribution in [0.4, 0.5) is 8.78 Å². The predicted octanol–water partition coefficient (Wildman–Crippen LogP) is 3.52. The number of hydrogen-bond donors (Lipinski definition) is 1. The summed E-state index contributed by atoms with van der Waals surface area (Å²) in [5, 5.41) is 0.602. The molecule has 6 heteroatoms. The Morgan fingerprint density at radius 2 is 2.22 bits per heavy atom. The normalized spacial score (nSPS) is 11.2. The number of ether oxygens (including phenoxy) is 1. The molecular formula is C12H10BrF2NO2. The molecule has 0 fully saturated rings. The lowest BCUT2D eigenvalue weighted by Crippen LogP contribution is -2.01. The SMILES string of the molecule is COC(=O)c1ccc2[nH]c(Br)c(CC(F)F)c2c1. The standard InChI is InChI=1S/C12H10BrF2NO2/c1-18-12(17)6-2-3-9-7(4-6)8(5-10(14)15)11(13)16-9/h2-4,10,16H,5H2,1H3. The first-order chi connectivity index (χ1) is 8.52. The molecule has 2 aromatic rings. The van der Waals surface area contributed by atoms with Crippen LogP contribution in [0.15, 0.2) is 22.8 Å². The van der Waals surface area contributed by atoms with Gasteiger partial charge >= 0.3 is 5.97 Å². The lowest BCUT2D eigenvalue weighted by Gasteiger charge is -2.02. The molecule has 0 spiro atoms. The minimum Gasteiger partial charge on any atom is -0.465 e. The van der Waals surface area contributed by atoms with Crippen LogP contribution in [-0.4, -0.2) is 24.5 Å². The van der Waals surface area contributed by atoms with E-state index in [4.69, 9.17) is 0 Å². The molecule has 0 aliphatic heterocycles. The number of rotatable bonds is 3. The summed E-state index contributed by atoms with van der Waals surface area (Å²) in [6.45, 7) is 0. The van der Waals surface area contributed by atoms with Gasteiger partial charge in [-0.05, 0) is 39.7 Å². The van der Waals surface area contributed by atoms with Crippen molar-refractivity contribution in [1.29, 1.82) is 0 Å². The van der Waals surface area contributed by atoms with Crippen molar-refractivity contribution in [2.45, 2.75) is 12.8 Å². The maximum absolute atomic E-state index is 12.5. The van der Waals surface area contributed by atoms with E-state index in [0.717, 1.165) is 0 Å². The van der Waals surface area contributed by atoms with E-state index >= 15 is 0 Å². The number of hydrogen-bond acceptors (Lipinski definition) is 2. The Bertz CT molecular complexity index is 595. The third kappa shape index (κ3) is 2.38. The summed E-state index contributed by atoms with van der Waals surface area (Å²) in [6.07, 6.45) is -2.81. The molecule has 1 aromatic carbocycles. The van der Waals surface area contributed by atoms with Crippen molar-refractivity contribution in [3.8, 4) is 0 Å². The van der Waals surface area contributed by atoms with Gasteiger partial charge in [0.25, 0.3) is 0 Å². The number of alkyl halides is 2. The molecule has 0 aliphatic rings. The fourth-order valence-corrected chi connectivity index (χ4v) is 2.40. The first-order valence-electron chi connectivity index (χ1n) is 5.19. The van der Waals surface area contributed by atoms with Gasteiger partial charge < -0.3 is 9.72 Å². The topological polar surface area (TPSA) is 42.1 Å². The van der Waals surface area contributed by atoms with Crippen LogP contribution in [0.3, 0.4) is 0 Å². The zero-order chi connectivity index (χ0) is 13.3. The molecule has 18 heavy (non-hydrogen) atoms. The van der Waals surface area contributed by atoms with Crippen molar-refractivity contribution in [3.05, 3.63) is 33.9 Å². The Kier molecular flexibility index (Phi) is 3.65. The van der Waals surface area contributed by atoms with Gasteiger partial charge in [0.1, 0.15) is 0 Å². The summed E-state index contributed by atoms with van der Waals surface area (Å²) in [5.41, 5.74) is 1.50. The Hall–Kier alpha value is -1.43. The molecule has 0 unspecified atom stereocenters. The summed E-state index contributed by atoms with van der Waals surface area (Å²) in [5.74, 6) is -0.489. The third-order valence-electron chi connectivity index (χ3n) is 2.63. The number of methoxy groups -OCH3 is 1. The van der Waals surface area contributed by atoms with E-state index in [1.807, 2.05) is 0 Å². The van der Waals surface area contributed by atoms with E-state index < -0.39 is 12.4 Å². The van der Waals surface area contributed by atoms with E-state index in [-0.39, 0.29) is 6.42 Å². The van der Waals surface area contributed by atoms with Gasteiger partial charge in [-0.15, -0.1) is 0 Å². The highest BCUT2D eigenvalue weighted by Crippen LogP contribution is 2.29. The monoisotopic (exact) mass is 317 g/mol. The highest BCUT2D eigenvalue weighted by molar-refractivity contribution is 9.10. The molecule has 1 N–H and O–H groups in total. The van der Waals surface area contributed by atoms with E-state index in [2.05, 4.69) is 25.7 Å². The highest BCUT2D eigenvalue weighted by Gasteiger charge is 2.16. The minimum absolute atomic E-state index is 0.340. The third-order valence-corrected chi connectivity index (χ3v) is 3.31. The molecule has 0 amide bonds. The van der Waals surface area contributed by atoms with E-state index in [1.165, 1.54) is 7.11 Å². The van der Waals surface area contributed by atoms with Gasteiger partial charge in [-0.25, -0.2) is 13.6 Å². The van der Waals surface area contributed by atoms with Crippen LogP contribution in [0.5, 0.6) is 0 Å². The molecule has 0 radical (unpaired) electrons. The summed E-state index contributed by atoms with van der Waals surface area (Å²) < 4.78 is 30.1. The van der Waals surface area contributed by atoms with Crippen LogP contribution in [0, 0.1) is 0 Å². The van der Waals surface area contributed by atoms with E-state index in [9.17, 15) is 13.6 Å². The Balaban J connectivity index is 2.55. The maximum Gasteiger partial charge on any atom is 0.337 e. The Morgan fingerprint density at radius 3 is 2.83 bits per heavy atom. The van der Waals surface area contributed by atoms with E-state index in [0.29, 0.717) is 26.6 Å². The van der Waals surface area contributed by atoms with Crippen LogP contribution in [0.25, 0.3) is 10.9 Å². The fourth-order valence-electron chi connectivity index (χ4n) is 1.81. The maximum atomic E-state index is 12.5. The van der Waals surface area contributed by atoms with Gasteiger partial charge in [0.05, 0.1) is 17.3 Å². The molecule has 96 valence electrons. The highest BCUT2D eigenvalue weighted by atomic mass is 79.9. The second-order valence-electron chi connectivity index (χ2n) is 3.76. The molecule has 0 saturated heterocycles. The molecule has 2 rings (SSSR count). The van der Waals surface area contributed by atoms with Crippen molar-refractivity contribution in [3.63, 3.8) is 0 Å². The van der Waals surface area contributed by atoms with Crippen LogP contribution in [-0.2, 0) is 11.2 Å². The molecule has 1 aromatic heterocycles. The quantitative estimate of drug-likeness (QED) is 0.880. The molecule has 0 atom stereocenters. The average Bonchev–Trinajstić information content (AvgIpc) is 2.64. The number of aromatic nitrogens is 1. The lowest BCUT2D eigenvalue weighted by atomic mass is 10.1. The Morgan fingerprint density at radius 1 is 1.50 bits per heavy atom. The fraction of sp³-hybridized carbons (Fsp3) is 0.250. The molecule has 3 nitrogen and oxygen atoms in total. The molecule has 1 heterocycles. The molecule has 0 aliphatic carbocycles. The first kappa shape index (κ1) is 13.0. The Labute approximate surface area is 110 Å². The van der Waals surface area contributed by atoms with Crippen molar-refractivity contribution < 1.29 is 18.3 Å². The van der Waals surface area contributed by atoms with E-state index in [1.54, 1.807) is 18.2 Å². The second kappa shape index (κ2) is 5.06. The smallest absolute Gasteiger partial charge is 0.337 e. The van der Waals surface area contributed by atoms with Crippen molar-refractivity contribution in [1.82, 2.24) is 4.98 Å². The van der Waals surface area contributed by atoms with Gasteiger partial charge in [0, 0.05) is 17.3 Å². The summed E-state index contributed by atoms with van der Waals surface area (Å²) >= 11 is 3.21. The molecule has 0 saturated carbocycles. The van der Waals surface area contributed by atoms with Crippen LogP contribution in [0.1, 0.15) is 15.9 Å². The van der Waals surface area contributed by atoms with Crippen molar-refractivity contribution in [2.24, 2.45) is 0 Å². The number of fused-ring (bicyclic) bond motifs is 1. The summed E-state index contributed by atoms with van der Waals surface area (Å²) in [6, 6.07) is 4.81. The van der Waals surface area contributed by atoms with Crippen LogP contribution >= 0.6 is 15.9 Å². The van der Waals surface area contributed by atoms with Crippen molar-refractivity contribution >= 4 is 32.8 Å². The number of aromatic amines is 1. The number of carbonyl (C=O) groups is 1. The molecular weight excluding hydrogens is 308 g/mol. The number of halogens is 3. The van der Waals surface area contributed by atoms with Crippen LogP contribution < -0.4 is 0 Å². The van der Waals surface area contributed by atoms with Crippen molar-refractivity contribution in [2.75, 3.05) is 7.11 Å². The van der Waals surface area contributed by atoms with Gasteiger partial charge in [0.15, 0.2) is 0 Å². The van der Waals surface area contributed by atoms with Gasteiger partial charge in [-0.2, -0.15) is 0 Å². The summed E-state index contributed by atoms with van der Waals surface area (Å²) in [7, 11) is 1.28. The first-order valence-corrected chi connectivity index (χ1v) is 5.98. The second-order valence-corrected chi connectivity index (χ2v) is 4.56. The minimum atomic E-state index is -2.44. The number of nitrogens with one attached hydrogen (secondary N) is 1. The number of esters is 1. The zero-order valence-corrected chi connectivity index (χ0v) is 11.1. The van der Waals surface area contributed by atoms with Gasteiger partial charge in [0.2, 0.25) is 6.43 Å². The van der Waals surface area contributed by atoms with Crippen LogP contribution in [0.2, 0.25) is 0 Å². The summed E-state index contributed by atoms with van der Waals surface area (Å²) in [4.78, 5) is 14.4. The number of benzene rings is 1. The van der Waals surface area contributed by atoms with Gasteiger partial charge in [-0.1, -0.05) is 0 Å². The molecule has 0 bridgehead atoms. The number of H-pyrrole nitrogens is 1. The lowest BCUT2D eigenvalue weighted by molar-refractivity contribution is 0.0601. The number of carbonyl (C=O) groups excluding carboxylic acids is 1. The zero-order valence-electron chi connectivity index (χ0n) is 9.47. The largest absolute Gasteiger partial charge is 0.465 e. The predicted molar refractivity (Wildman–Crippen MR) is 67.0 cm³/mol.